The van der Waals surface area contributed by atoms with E-state index in [1.165, 1.54) is 26.3 Å². The molecular formula is C15H14F2N2O4S. The van der Waals surface area contributed by atoms with Crippen LogP contribution in [0.15, 0.2) is 41.3 Å². The number of benzene rings is 2. The van der Waals surface area contributed by atoms with Gasteiger partial charge in [-0.2, -0.15) is 0 Å². The summed E-state index contributed by atoms with van der Waals surface area (Å²) in [6, 6.07) is 6.05. The molecule has 0 fully saturated rings. The third-order valence-electron chi connectivity index (χ3n) is 3.13. The molecule has 6 nitrogen and oxygen atoms in total. The molecule has 1 amide bonds. The van der Waals surface area contributed by atoms with Crippen molar-refractivity contribution in [2.45, 2.75) is 4.90 Å². The predicted molar refractivity (Wildman–Crippen MR) is 83.6 cm³/mol. The number of carbonyl (C=O) groups excluding carboxylic acids is 1. The average Bonchev–Trinajstić information content (AvgIpc) is 2.56. The standard InChI is InChI=1S/C15H14F2N2O4S/c1-18-15(20)11-8-10(4-6-14(11)23-2)24(21,22)19-13-5-3-9(16)7-12(13)17/h3-8,19H,1-2H3,(H,18,20). The van der Waals surface area contributed by atoms with Crippen molar-refractivity contribution in [3.8, 4) is 5.75 Å². The van der Waals surface area contributed by atoms with Crippen LogP contribution in [0.25, 0.3) is 0 Å². The number of carbonyl (C=O) groups is 1. The Balaban J connectivity index is 2.44. The van der Waals surface area contributed by atoms with E-state index in [4.69, 9.17) is 4.74 Å². The van der Waals surface area contributed by atoms with Crippen LogP contribution in [-0.4, -0.2) is 28.5 Å². The lowest BCUT2D eigenvalue weighted by Crippen LogP contribution is -2.20. The first-order valence-corrected chi connectivity index (χ1v) is 8.15. The van der Waals surface area contributed by atoms with E-state index in [2.05, 4.69) is 5.32 Å². The molecule has 0 saturated carbocycles. The molecule has 0 heterocycles. The number of anilines is 1. The molecule has 0 aliphatic heterocycles. The van der Waals surface area contributed by atoms with Gasteiger partial charge < -0.3 is 10.1 Å². The summed E-state index contributed by atoms with van der Waals surface area (Å²) in [4.78, 5) is 11.5. The molecule has 0 aliphatic carbocycles. The van der Waals surface area contributed by atoms with Crippen LogP contribution >= 0.6 is 0 Å². The van der Waals surface area contributed by atoms with E-state index in [1.807, 2.05) is 4.72 Å². The quantitative estimate of drug-likeness (QED) is 0.860. The SMILES string of the molecule is CNC(=O)c1cc(S(=O)(=O)Nc2ccc(F)cc2F)ccc1OC. The van der Waals surface area contributed by atoms with Crippen LogP contribution < -0.4 is 14.8 Å². The van der Waals surface area contributed by atoms with Gasteiger partial charge in [-0.3, -0.25) is 9.52 Å². The molecule has 0 radical (unpaired) electrons. The Kier molecular flexibility index (Phi) is 5.03. The molecule has 2 aromatic carbocycles. The number of hydrogen-bond acceptors (Lipinski definition) is 4. The highest BCUT2D eigenvalue weighted by molar-refractivity contribution is 7.92. The van der Waals surface area contributed by atoms with Crippen molar-refractivity contribution in [3.05, 3.63) is 53.6 Å². The molecule has 24 heavy (non-hydrogen) atoms. The van der Waals surface area contributed by atoms with Crippen molar-refractivity contribution < 1.29 is 26.7 Å². The van der Waals surface area contributed by atoms with Gasteiger partial charge in [0.2, 0.25) is 0 Å². The van der Waals surface area contributed by atoms with Crippen LogP contribution in [0, 0.1) is 11.6 Å². The van der Waals surface area contributed by atoms with Gasteiger partial charge in [0.1, 0.15) is 17.4 Å². The van der Waals surface area contributed by atoms with E-state index in [0.717, 1.165) is 18.2 Å². The van der Waals surface area contributed by atoms with Crippen molar-refractivity contribution in [1.82, 2.24) is 5.32 Å². The fraction of sp³-hybridized carbons (Fsp3) is 0.133. The van der Waals surface area contributed by atoms with E-state index in [0.29, 0.717) is 6.07 Å². The second-order valence-electron chi connectivity index (χ2n) is 4.67. The summed E-state index contributed by atoms with van der Waals surface area (Å²) >= 11 is 0. The number of methoxy groups -OCH3 is 1. The van der Waals surface area contributed by atoms with Crippen LogP contribution in [0.3, 0.4) is 0 Å². The minimum atomic E-state index is -4.19. The Morgan fingerprint density at radius 2 is 1.83 bits per heavy atom. The topological polar surface area (TPSA) is 84.5 Å². The minimum absolute atomic E-state index is 0.00227. The first-order chi connectivity index (χ1) is 11.3. The van der Waals surface area contributed by atoms with Crippen LogP contribution in [0.2, 0.25) is 0 Å². The Hall–Kier alpha value is -2.68. The Morgan fingerprint density at radius 3 is 2.42 bits per heavy atom. The van der Waals surface area contributed by atoms with E-state index < -0.39 is 33.3 Å². The molecule has 0 unspecified atom stereocenters. The molecule has 0 saturated heterocycles. The zero-order valence-corrected chi connectivity index (χ0v) is 13.6. The highest BCUT2D eigenvalue weighted by Gasteiger charge is 2.20. The zero-order chi connectivity index (χ0) is 17.9. The highest BCUT2D eigenvalue weighted by atomic mass is 32.2. The molecule has 2 aromatic rings. The molecule has 9 heteroatoms. The lowest BCUT2D eigenvalue weighted by atomic mass is 10.2. The van der Waals surface area contributed by atoms with Gasteiger partial charge in [0.15, 0.2) is 0 Å². The number of amides is 1. The number of rotatable bonds is 5. The highest BCUT2D eigenvalue weighted by Crippen LogP contribution is 2.25. The third kappa shape index (κ3) is 3.62. The summed E-state index contributed by atoms with van der Waals surface area (Å²) in [7, 11) is -1.47. The average molecular weight is 356 g/mol. The smallest absolute Gasteiger partial charge is 0.262 e. The number of halogens is 2. The van der Waals surface area contributed by atoms with Gasteiger partial charge in [-0.1, -0.05) is 0 Å². The Labute approximate surface area is 137 Å². The lowest BCUT2D eigenvalue weighted by Gasteiger charge is -2.12. The number of sulfonamides is 1. The Morgan fingerprint density at radius 1 is 1.12 bits per heavy atom. The molecular weight excluding hydrogens is 342 g/mol. The van der Waals surface area contributed by atoms with Crippen LogP contribution in [0.5, 0.6) is 5.75 Å². The number of ether oxygens (including phenoxy) is 1. The van der Waals surface area contributed by atoms with Crippen LogP contribution in [0.4, 0.5) is 14.5 Å². The first kappa shape index (κ1) is 17.7. The van der Waals surface area contributed by atoms with Crippen molar-refractivity contribution in [2.24, 2.45) is 0 Å². The van der Waals surface area contributed by atoms with Gasteiger partial charge in [0.25, 0.3) is 15.9 Å². The molecule has 0 spiro atoms. The van der Waals surface area contributed by atoms with Crippen molar-refractivity contribution >= 4 is 21.6 Å². The summed E-state index contributed by atoms with van der Waals surface area (Å²) in [6.07, 6.45) is 0. The van der Waals surface area contributed by atoms with Gasteiger partial charge >= 0.3 is 0 Å². The summed E-state index contributed by atoms with van der Waals surface area (Å²) in [5.41, 5.74) is -0.406. The molecule has 2 N–H and O–H groups in total. The minimum Gasteiger partial charge on any atom is -0.496 e. The van der Waals surface area contributed by atoms with Crippen LogP contribution in [0.1, 0.15) is 10.4 Å². The molecule has 128 valence electrons. The fourth-order valence-electron chi connectivity index (χ4n) is 1.94. The Bertz CT molecular complexity index is 885. The third-order valence-corrected chi connectivity index (χ3v) is 4.49. The molecule has 0 aliphatic rings. The van der Waals surface area contributed by atoms with Gasteiger partial charge in [-0.25, -0.2) is 17.2 Å². The number of nitrogens with one attached hydrogen (secondary N) is 2. The van der Waals surface area contributed by atoms with Gasteiger partial charge in [0.05, 0.1) is 23.3 Å². The van der Waals surface area contributed by atoms with E-state index in [9.17, 15) is 22.0 Å². The molecule has 0 bridgehead atoms. The van der Waals surface area contributed by atoms with Gasteiger partial charge in [0, 0.05) is 13.1 Å². The predicted octanol–water partition coefficient (Wildman–Crippen LogP) is 2.13. The van der Waals surface area contributed by atoms with Crippen molar-refractivity contribution in [2.75, 3.05) is 18.9 Å². The normalized spacial score (nSPS) is 11.0. The van der Waals surface area contributed by atoms with Crippen molar-refractivity contribution in [1.29, 1.82) is 0 Å². The second-order valence-corrected chi connectivity index (χ2v) is 6.35. The molecule has 2 rings (SSSR count). The summed E-state index contributed by atoms with van der Waals surface area (Å²) in [5, 5.41) is 2.36. The fourth-order valence-corrected chi connectivity index (χ4v) is 3.04. The summed E-state index contributed by atoms with van der Waals surface area (Å²) in [5.74, 6) is -2.25. The summed E-state index contributed by atoms with van der Waals surface area (Å²) < 4.78 is 58.3. The maximum absolute atomic E-state index is 13.6. The lowest BCUT2D eigenvalue weighted by molar-refractivity contribution is 0.0960. The van der Waals surface area contributed by atoms with E-state index in [1.54, 1.807) is 0 Å². The van der Waals surface area contributed by atoms with Gasteiger partial charge in [-0.05, 0) is 30.3 Å². The van der Waals surface area contributed by atoms with Crippen molar-refractivity contribution in [3.63, 3.8) is 0 Å². The molecule has 0 atom stereocenters. The molecule has 0 aromatic heterocycles. The largest absolute Gasteiger partial charge is 0.496 e. The van der Waals surface area contributed by atoms with Crippen LogP contribution in [-0.2, 0) is 10.0 Å². The van der Waals surface area contributed by atoms with E-state index >= 15 is 0 Å². The summed E-state index contributed by atoms with van der Waals surface area (Å²) in [6.45, 7) is 0. The first-order valence-electron chi connectivity index (χ1n) is 6.66. The van der Waals surface area contributed by atoms with Gasteiger partial charge in [-0.15, -0.1) is 0 Å². The second kappa shape index (κ2) is 6.83. The zero-order valence-electron chi connectivity index (χ0n) is 12.8. The maximum atomic E-state index is 13.6. The van der Waals surface area contributed by atoms with E-state index in [-0.39, 0.29) is 16.2 Å². The monoisotopic (exact) mass is 356 g/mol. The number of hydrogen-bond donors (Lipinski definition) is 2. The maximum Gasteiger partial charge on any atom is 0.262 e.